The molecule has 4 rings (SSSR count). The number of halogens is 1. The summed E-state index contributed by atoms with van der Waals surface area (Å²) in [6, 6.07) is 7.11. The molecule has 1 fully saturated rings. The van der Waals surface area contributed by atoms with E-state index in [9.17, 15) is 17.6 Å². The summed E-state index contributed by atoms with van der Waals surface area (Å²) >= 11 is 1.21. The molecule has 1 aliphatic rings. The molecule has 1 amide bonds. The van der Waals surface area contributed by atoms with Gasteiger partial charge in [0, 0.05) is 18.9 Å². The van der Waals surface area contributed by atoms with Crippen molar-refractivity contribution in [2.24, 2.45) is 0 Å². The Morgan fingerprint density at radius 1 is 1.33 bits per heavy atom. The van der Waals surface area contributed by atoms with Crippen LogP contribution in [-0.4, -0.2) is 47.4 Å². The zero-order valence-electron chi connectivity index (χ0n) is 16.4. The van der Waals surface area contributed by atoms with Crippen LogP contribution in [0, 0.1) is 5.82 Å². The zero-order valence-corrected chi connectivity index (χ0v) is 18.0. The van der Waals surface area contributed by atoms with E-state index in [1.165, 1.54) is 32.7 Å². The van der Waals surface area contributed by atoms with Gasteiger partial charge in [0.05, 0.1) is 23.0 Å². The fourth-order valence-electron chi connectivity index (χ4n) is 3.64. The summed E-state index contributed by atoms with van der Waals surface area (Å²) in [5, 5.41) is 0.406. The molecule has 0 aliphatic carbocycles. The molecule has 3 heterocycles. The molecular formula is C20H21FN4O3S2. The molecule has 7 nitrogen and oxygen atoms in total. The van der Waals surface area contributed by atoms with E-state index < -0.39 is 16.1 Å². The third-order valence-electron chi connectivity index (χ3n) is 5.06. The van der Waals surface area contributed by atoms with E-state index in [4.69, 9.17) is 0 Å². The van der Waals surface area contributed by atoms with Gasteiger partial charge in [-0.25, -0.2) is 17.8 Å². The number of carbonyl (C=O) groups is 1. The minimum absolute atomic E-state index is 0.197. The van der Waals surface area contributed by atoms with Gasteiger partial charge in [0.25, 0.3) is 0 Å². The Morgan fingerprint density at radius 3 is 2.90 bits per heavy atom. The lowest BCUT2D eigenvalue weighted by Gasteiger charge is -2.35. The number of thiazole rings is 1. The van der Waals surface area contributed by atoms with Crippen molar-refractivity contribution in [1.82, 2.24) is 14.3 Å². The van der Waals surface area contributed by atoms with E-state index in [0.29, 0.717) is 28.3 Å². The predicted molar refractivity (Wildman–Crippen MR) is 114 cm³/mol. The Bertz CT molecular complexity index is 1170. The topological polar surface area (TPSA) is 83.5 Å². The van der Waals surface area contributed by atoms with Crippen LogP contribution in [0.5, 0.6) is 0 Å². The van der Waals surface area contributed by atoms with Gasteiger partial charge >= 0.3 is 0 Å². The first kappa shape index (κ1) is 20.8. The molecule has 1 atom stereocenters. The van der Waals surface area contributed by atoms with Gasteiger partial charge in [-0.05, 0) is 42.7 Å². The van der Waals surface area contributed by atoms with Crippen LogP contribution < -0.4 is 4.90 Å². The molecule has 0 N–H and O–H groups in total. The summed E-state index contributed by atoms with van der Waals surface area (Å²) in [6.07, 6.45) is 6.37. The molecule has 3 aromatic rings. The Labute approximate surface area is 178 Å². The van der Waals surface area contributed by atoms with Crippen molar-refractivity contribution in [1.29, 1.82) is 0 Å². The van der Waals surface area contributed by atoms with Crippen LogP contribution in [0.15, 0.2) is 42.7 Å². The molecule has 2 aromatic heterocycles. The lowest BCUT2D eigenvalue weighted by atomic mass is 10.0. The average molecular weight is 449 g/mol. The molecule has 0 bridgehead atoms. The fourth-order valence-corrected chi connectivity index (χ4v) is 5.76. The van der Waals surface area contributed by atoms with E-state index in [1.807, 2.05) is 6.07 Å². The number of pyridine rings is 1. The van der Waals surface area contributed by atoms with Crippen molar-refractivity contribution >= 4 is 42.6 Å². The number of amides is 1. The number of fused-ring (bicyclic) bond motifs is 1. The van der Waals surface area contributed by atoms with Crippen LogP contribution in [0.4, 0.5) is 9.52 Å². The summed E-state index contributed by atoms with van der Waals surface area (Å²) < 4.78 is 40.1. The third-order valence-corrected chi connectivity index (χ3v) is 7.39. The van der Waals surface area contributed by atoms with E-state index in [-0.39, 0.29) is 18.3 Å². The van der Waals surface area contributed by atoms with Gasteiger partial charge in [0.15, 0.2) is 5.13 Å². The van der Waals surface area contributed by atoms with Crippen molar-refractivity contribution in [3.8, 4) is 0 Å². The Morgan fingerprint density at radius 2 is 2.17 bits per heavy atom. The first-order chi connectivity index (χ1) is 14.3. The fraction of sp³-hybridized carbons (Fsp3) is 0.350. The molecule has 1 saturated heterocycles. The molecule has 158 valence electrons. The summed E-state index contributed by atoms with van der Waals surface area (Å²) in [6.45, 7) is 0.518. The normalized spacial score (nSPS) is 17.9. The summed E-state index contributed by atoms with van der Waals surface area (Å²) in [5.74, 6) is -0.707. The number of piperidine rings is 1. The highest BCUT2D eigenvalue weighted by atomic mass is 32.2. The third kappa shape index (κ3) is 4.35. The van der Waals surface area contributed by atoms with Gasteiger partial charge < -0.3 is 0 Å². The largest absolute Gasteiger partial charge is 0.282 e. The number of hydrogen-bond acceptors (Lipinski definition) is 6. The molecule has 0 spiro atoms. The monoisotopic (exact) mass is 448 g/mol. The lowest BCUT2D eigenvalue weighted by Crippen LogP contribution is -2.52. The molecule has 0 saturated carbocycles. The van der Waals surface area contributed by atoms with Crippen LogP contribution in [0.1, 0.15) is 24.8 Å². The predicted octanol–water partition coefficient (Wildman–Crippen LogP) is 3.18. The van der Waals surface area contributed by atoms with Crippen molar-refractivity contribution in [2.45, 2.75) is 31.8 Å². The van der Waals surface area contributed by atoms with Crippen LogP contribution in [-0.2, 0) is 21.4 Å². The van der Waals surface area contributed by atoms with E-state index in [0.717, 1.165) is 24.7 Å². The van der Waals surface area contributed by atoms with Gasteiger partial charge in [0.2, 0.25) is 15.9 Å². The smallest absolute Gasteiger partial charge is 0.247 e. The number of hydrogen-bond donors (Lipinski definition) is 0. The number of nitrogens with zero attached hydrogens (tertiary/aromatic N) is 4. The Balaban J connectivity index is 1.74. The number of sulfonamides is 1. The molecule has 1 aliphatic heterocycles. The second-order valence-electron chi connectivity index (χ2n) is 7.28. The number of anilines is 1. The first-order valence-corrected chi connectivity index (χ1v) is 12.2. The number of rotatable bonds is 5. The maximum Gasteiger partial charge on any atom is 0.247 e. The second-order valence-corrected chi connectivity index (χ2v) is 10.2. The zero-order chi connectivity index (χ0) is 21.3. The van der Waals surface area contributed by atoms with Crippen molar-refractivity contribution in [2.75, 3.05) is 17.7 Å². The molecule has 1 unspecified atom stereocenters. The standard InChI is InChI=1S/C20H21FN4O3S2/c1-30(27,28)25-10-3-2-6-17(25)19(26)24(13-14-5-4-9-22-12-14)20-23-16-8-7-15(21)11-18(16)29-20/h4-5,7-9,11-12,17H,2-3,6,10,13H2,1H3. The van der Waals surface area contributed by atoms with E-state index >= 15 is 0 Å². The minimum Gasteiger partial charge on any atom is -0.282 e. The van der Waals surface area contributed by atoms with Gasteiger partial charge in [-0.3, -0.25) is 14.7 Å². The summed E-state index contributed by atoms with van der Waals surface area (Å²) in [4.78, 5) is 23.7. The average Bonchev–Trinajstić information content (AvgIpc) is 3.14. The van der Waals surface area contributed by atoms with Gasteiger partial charge in [0.1, 0.15) is 11.9 Å². The highest BCUT2D eigenvalue weighted by Crippen LogP contribution is 2.32. The number of benzene rings is 1. The second kappa shape index (κ2) is 8.37. The van der Waals surface area contributed by atoms with Crippen LogP contribution in [0.3, 0.4) is 0 Å². The molecule has 10 heteroatoms. The van der Waals surface area contributed by atoms with Gasteiger partial charge in [-0.1, -0.05) is 23.8 Å². The molecule has 30 heavy (non-hydrogen) atoms. The Kier molecular flexibility index (Phi) is 5.81. The molecular weight excluding hydrogens is 427 g/mol. The highest BCUT2D eigenvalue weighted by molar-refractivity contribution is 7.88. The van der Waals surface area contributed by atoms with Gasteiger partial charge in [-0.15, -0.1) is 0 Å². The lowest BCUT2D eigenvalue weighted by molar-refractivity contribution is -0.123. The SMILES string of the molecule is CS(=O)(=O)N1CCCCC1C(=O)N(Cc1cccnc1)c1nc2ccc(F)cc2s1. The van der Waals surface area contributed by atoms with Gasteiger partial charge in [-0.2, -0.15) is 4.31 Å². The number of aromatic nitrogens is 2. The summed E-state index contributed by atoms with van der Waals surface area (Å²) in [7, 11) is -3.53. The van der Waals surface area contributed by atoms with Crippen LogP contribution in [0.2, 0.25) is 0 Å². The molecule has 0 radical (unpaired) electrons. The first-order valence-electron chi connectivity index (χ1n) is 9.56. The maximum atomic E-state index is 13.6. The molecule has 1 aromatic carbocycles. The van der Waals surface area contributed by atoms with Crippen molar-refractivity contribution in [3.05, 3.63) is 54.1 Å². The quantitative estimate of drug-likeness (QED) is 0.599. The maximum absolute atomic E-state index is 13.6. The van der Waals surface area contributed by atoms with Crippen molar-refractivity contribution in [3.63, 3.8) is 0 Å². The number of carbonyl (C=O) groups excluding carboxylic acids is 1. The van der Waals surface area contributed by atoms with E-state index in [1.54, 1.807) is 24.5 Å². The minimum atomic E-state index is -3.53. The van der Waals surface area contributed by atoms with Crippen molar-refractivity contribution < 1.29 is 17.6 Å². The Hall–Kier alpha value is -2.43. The van der Waals surface area contributed by atoms with Crippen LogP contribution >= 0.6 is 11.3 Å². The van der Waals surface area contributed by atoms with E-state index in [2.05, 4.69) is 9.97 Å². The van der Waals surface area contributed by atoms with Crippen LogP contribution in [0.25, 0.3) is 10.2 Å². The highest BCUT2D eigenvalue weighted by Gasteiger charge is 2.38. The summed E-state index contributed by atoms with van der Waals surface area (Å²) in [5.41, 5.74) is 1.38.